The molecule has 134 valence electrons. The monoisotopic (exact) mass is 358 g/mol. The molecule has 0 fully saturated rings. The van der Waals surface area contributed by atoms with Crippen molar-refractivity contribution in [2.24, 2.45) is 0 Å². The average molecular weight is 358 g/mol. The highest BCUT2D eigenvalue weighted by atomic mass is 16.1. The number of nitrogens with zero attached hydrogens (tertiary/aromatic N) is 4. The van der Waals surface area contributed by atoms with Crippen LogP contribution in [0.2, 0.25) is 0 Å². The molecule has 1 atom stereocenters. The van der Waals surface area contributed by atoms with Crippen LogP contribution in [-0.2, 0) is 4.79 Å². The zero-order valence-electron chi connectivity index (χ0n) is 15.0. The van der Waals surface area contributed by atoms with E-state index in [0.717, 1.165) is 39.4 Å². The molecule has 1 unspecified atom stereocenters. The summed E-state index contributed by atoms with van der Waals surface area (Å²) in [5.41, 5.74) is 6.57. The Bertz CT molecular complexity index is 1170. The van der Waals surface area contributed by atoms with Crippen molar-refractivity contribution >= 4 is 17.4 Å². The van der Waals surface area contributed by atoms with Crippen LogP contribution in [0, 0.1) is 13.8 Å². The number of carbonyl (C=O) groups excluding carboxylic acids is 1. The quantitative estimate of drug-likeness (QED) is 0.576. The number of aromatic nitrogens is 5. The van der Waals surface area contributed by atoms with Crippen LogP contribution in [0.1, 0.15) is 34.9 Å². The predicted octanol–water partition coefficient (Wildman–Crippen LogP) is 3.21. The number of amides is 1. The van der Waals surface area contributed by atoms with Gasteiger partial charge in [0, 0.05) is 34.9 Å². The molecule has 1 aliphatic heterocycles. The highest BCUT2D eigenvalue weighted by Crippen LogP contribution is 2.41. The second kappa shape index (κ2) is 5.77. The fraction of sp³-hybridized carbons (Fsp3) is 0.200. The molecule has 0 saturated heterocycles. The molecule has 0 spiro atoms. The third-order valence-electron chi connectivity index (χ3n) is 5.03. The lowest BCUT2D eigenvalue weighted by molar-refractivity contribution is -0.116. The van der Waals surface area contributed by atoms with E-state index < -0.39 is 0 Å². The Balaban J connectivity index is 1.75. The van der Waals surface area contributed by atoms with E-state index >= 15 is 0 Å². The van der Waals surface area contributed by atoms with Crippen molar-refractivity contribution in [2.45, 2.75) is 26.2 Å². The number of nitrogens with one attached hydrogen (secondary N) is 2. The summed E-state index contributed by atoms with van der Waals surface area (Å²) in [5.74, 6) is 0.372. The van der Waals surface area contributed by atoms with Gasteiger partial charge in [-0.15, -0.1) is 5.10 Å². The largest absolute Gasteiger partial charge is 0.309 e. The standard InChI is InChI=1S/C20H18N6O/c1-11-8-12(2)26-20(22-11)17-14(9-16(27)23-19(17)25-26)15-10-21-24-18(15)13-6-4-3-5-7-13/h3-8,10,14H,9H2,1-2H3,(H,21,24)(H,23,25,27). The van der Waals surface area contributed by atoms with Gasteiger partial charge in [-0.25, -0.2) is 9.50 Å². The molecule has 4 aromatic rings. The Morgan fingerprint density at radius 2 is 2.00 bits per heavy atom. The topological polar surface area (TPSA) is 88.0 Å². The Kier molecular flexibility index (Phi) is 3.36. The molecule has 2 N–H and O–H groups in total. The molecule has 0 bridgehead atoms. The second-order valence-electron chi connectivity index (χ2n) is 6.91. The van der Waals surface area contributed by atoms with Gasteiger partial charge >= 0.3 is 0 Å². The third kappa shape index (κ3) is 2.43. The maximum absolute atomic E-state index is 12.4. The SMILES string of the molecule is Cc1cc(C)n2nc3c(c2n1)C(c1cn[nH]c1-c1ccccc1)CC(=O)N3. The van der Waals surface area contributed by atoms with Crippen molar-refractivity contribution < 1.29 is 4.79 Å². The Hall–Kier alpha value is -3.48. The van der Waals surface area contributed by atoms with E-state index in [1.807, 2.05) is 56.4 Å². The average Bonchev–Trinajstić information content (AvgIpc) is 3.27. The molecule has 0 radical (unpaired) electrons. The lowest BCUT2D eigenvalue weighted by atomic mass is 9.86. The van der Waals surface area contributed by atoms with Crippen molar-refractivity contribution in [2.75, 3.05) is 5.32 Å². The maximum Gasteiger partial charge on any atom is 0.226 e. The number of hydrogen-bond acceptors (Lipinski definition) is 4. The minimum atomic E-state index is -0.158. The predicted molar refractivity (Wildman–Crippen MR) is 102 cm³/mol. The number of benzene rings is 1. The van der Waals surface area contributed by atoms with Gasteiger partial charge in [0.15, 0.2) is 11.5 Å². The van der Waals surface area contributed by atoms with Gasteiger partial charge in [-0.1, -0.05) is 30.3 Å². The molecule has 1 aromatic carbocycles. The number of aryl methyl sites for hydroxylation is 2. The lowest BCUT2D eigenvalue weighted by Crippen LogP contribution is -2.23. The van der Waals surface area contributed by atoms with Gasteiger partial charge in [-0.3, -0.25) is 9.89 Å². The van der Waals surface area contributed by atoms with Gasteiger partial charge in [0.05, 0.1) is 11.9 Å². The van der Waals surface area contributed by atoms with E-state index in [0.29, 0.717) is 12.2 Å². The number of fused-ring (bicyclic) bond motifs is 3. The normalized spacial score (nSPS) is 16.4. The first-order valence-electron chi connectivity index (χ1n) is 8.87. The molecule has 1 aliphatic rings. The summed E-state index contributed by atoms with van der Waals surface area (Å²) in [4.78, 5) is 17.1. The molecule has 4 heterocycles. The number of carbonyl (C=O) groups is 1. The first kappa shape index (κ1) is 15.7. The van der Waals surface area contributed by atoms with Crippen LogP contribution in [0.4, 0.5) is 5.82 Å². The molecule has 1 amide bonds. The summed E-state index contributed by atoms with van der Waals surface area (Å²) < 4.78 is 1.80. The van der Waals surface area contributed by atoms with Gasteiger partial charge in [0.1, 0.15) is 0 Å². The minimum Gasteiger partial charge on any atom is -0.309 e. The Labute approximate surface area is 155 Å². The van der Waals surface area contributed by atoms with Crippen LogP contribution < -0.4 is 5.32 Å². The van der Waals surface area contributed by atoms with Crippen molar-refractivity contribution in [3.05, 3.63) is 65.1 Å². The summed E-state index contributed by atoms with van der Waals surface area (Å²) >= 11 is 0. The van der Waals surface area contributed by atoms with E-state index in [9.17, 15) is 4.79 Å². The van der Waals surface area contributed by atoms with Crippen LogP contribution in [-0.4, -0.2) is 30.7 Å². The zero-order chi connectivity index (χ0) is 18.5. The Morgan fingerprint density at radius 1 is 1.19 bits per heavy atom. The number of rotatable bonds is 2. The van der Waals surface area contributed by atoms with Crippen molar-refractivity contribution in [1.29, 1.82) is 0 Å². The first-order valence-corrected chi connectivity index (χ1v) is 8.87. The molecule has 0 saturated carbocycles. The fourth-order valence-electron chi connectivity index (χ4n) is 3.88. The highest BCUT2D eigenvalue weighted by molar-refractivity contribution is 5.96. The minimum absolute atomic E-state index is 0.0505. The van der Waals surface area contributed by atoms with Crippen LogP contribution in [0.15, 0.2) is 42.6 Å². The van der Waals surface area contributed by atoms with Gasteiger partial charge in [0.2, 0.25) is 5.91 Å². The van der Waals surface area contributed by atoms with Crippen LogP contribution >= 0.6 is 0 Å². The number of hydrogen-bond donors (Lipinski definition) is 2. The molecular formula is C20H18N6O. The Morgan fingerprint density at radius 3 is 2.81 bits per heavy atom. The van der Waals surface area contributed by atoms with Crippen LogP contribution in [0.5, 0.6) is 0 Å². The molecule has 7 nitrogen and oxygen atoms in total. The van der Waals surface area contributed by atoms with Crippen LogP contribution in [0.3, 0.4) is 0 Å². The van der Waals surface area contributed by atoms with E-state index in [1.54, 1.807) is 4.52 Å². The van der Waals surface area contributed by atoms with E-state index in [2.05, 4.69) is 20.6 Å². The molecule has 3 aromatic heterocycles. The zero-order valence-corrected chi connectivity index (χ0v) is 15.0. The molecular weight excluding hydrogens is 340 g/mol. The second-order valence-corrected chi connectivity index (χ2v) is 6.91. The maximum atomic E-state index is 12.4. The summed E-state index contributed by atoms with van der Waals surface area (Å²) in [7, 11) is 0. The summed E-state index contributed by atoms with van der Waals surface area (Å²) in [6, 6.07) is 12.0. The fourth-order valence-corrected chi connectivity index (χ4v) is 3.88. The molecule has 7 heteroatoms. The van der Waals surface area contributed by atoms with Crippen molar-refractivity contribution in [3.63, 3.8) is 0 Å². The van der Waals surface area contributed by atoms with Crippen molar-refractivity contribution in [3.8, 4) is 11.3 Å². The summed E-state index contributed by atoms with van der Waals surface area (Å²) in [6.45, 7) is 3.96. The van der Waals surface area contributed by atoms with Gasteiger partial charge in [0.25, 0.3) is 0 Å². The molecule has 0 aliphatic carbocycles. The first-order chi connectivity index (χ1) is 13.1. The van der Waals surface area contributed by atoms with E-state index in [4.69, 9.17) is 4.98 Å². The summed E-state index contributed by atoms with van der Waals surface area (Å²) in [6.07, 6.45) is 2.14. The molecule has 5 rings (SSSR count). The number of H-pyrrole nitrogens is 1. The molecule has 27 heavy (non-hydrogen) atoms. The van der Waals surface area contributed by atoms with Gasteiger partial charge < -0.3 is 5.32 Å². The lowest BCUT2D eigenvalue weighted by Gasteiger charge is -2.22. The smallest absolute Gasteiger partial charge is 0.226 e. The summed E-state index contributed by atoms with van der Waals surface area (Å²) in [5, 5.41) is 14.9. The van der Waals surface area contributed by atoms with E-state index in [1.165, 1.54) is 0 Å². The highest BCUT2D eigenvalue weighted by Gasteiger charge is 2.34. The number of aromatic amines is 1. The number of anilines is 1. The van der Waals surface area contributed by atoms with Gasteiger partial charge in [-0.2, -0.15) is 5.10 Å². The van der Waals surface area contributed by atoms with E-state index in [-0.39, 0.29) is 11.8 Å². The van der Waals surface area contributed by atoms with Crippen LogP contribution in [0.25, 0.3) is 16.9 Å². The van der Waals surface area contributed by atoms with Crippen molar-refractivity contribution in [1.82, 2.24) is 24.8 Å². The third-order valence-corrected chi connectivity index (χ3v) is 5.03. The van der Waals surface area contributed by atoms with Gasteiger partial charge in [-0.05, 0) is 25.5 Å².